The summed E-state index contributed by atoms with van der Waals surface area (Å²) in [7, 11) is 0. The number of carbonyl (C=O) groups excluding carboxylic acids is 1. The Labute approximate surface area is 125 Å². The van der Waals surface area contributed by atoms with Crippen molar-refractivity contribution in [1.29, 1.82) is 0 Å². The average Bonchev–Trinajstić information content (AvgIpc) is 2.40. The van der Waals surface area contributed by atoms with Crippen LogP contribution in [0.5, 0.6) is 5.75 Å². The highest BCUT2D eigenvalue weighted by Crippen LogP contribution is 2.22. The van der Waals surface area contributed by atoms with Gasteiger partial charge in [-0.3, -0.25) is 9.69 Å². The van der Waals surface area contributed by atoms with Crippen LogP contribution < -0.4 is 10.5 Å². The largest absolute Gasteiger partial charge is 0.432 e. The first-order valence-corrected chi connectivity index (χ1v) is 6.75. The maximum Gasteiger partial charge on any atom is 0.387 e. The van der Waals surface area contributed by atoms with E-state index >= 15 is 0 Å². The Balaban J connectivity index is 2.03. The van der Waals surface area contributed by atoms with Gasteiger partial charge in [-0.25, -0.2) is 4.39 Å². The molecule has 0 spiro atoms. The Morgan fingerprint density at radius 1 is 1.50 bits per heavy atom. The van der Waals surface area contributed by atoms with Crippen LogP contribution in [0.3, 0.4) is 0 Å². The summed E-state index contributed by atoms with van der Waals surface area (Å²) < 4.78 is 47.3. The van der Waals surface area contributed by atoms with Crippen LogP contribution in [0.15, 0.2) is 18.2 Å². The number of nitrogens with zero attached hydrogens (tertiary/aromatic N) is 1. The van der Waals surface area contributed by atoms with E-state index in [2.05, 4.69) is 4.74 Å². The predicted octanol–water partition coefficient (Wildman–Crippen LogP) is 1.50. The van der Waals surface area contributed by atoms with E-state index in [1.807, 2.05) is 11.8 Å². The fourth-order valence-electron chi connectivity index (χ4n) is 2.42. The fraction of sp³-hybridized carbons (Fsp3) is 0.500. The van der Waals surface area contributed by atoms with Gasteiger partial charge in [0.2, 0.25) is 5.91 Å². The number of primary amides is 1. The Morgan fingerprint density at radius 2 is 2.23 bits per heavy atom. The highest BCUT2D eigenvalue weighted by Gasteiger charge is 2.28. The maximum absolute atomic E-state index is 13.7. The van der Waals surface area contributed by atoms with E-state index < -0.39 is 30.2 Å². The lowest BCUT2D eigenvalue weighted by Crippen LogP contribution is -2.51. The minimum Gasteiger partial charge on any atom is -0.432 e. The van der Waals surface area contributed by atoms with Crippen LogP contribution >= 0.6 is 0 Å². The average molecular weight is 318 g/mol. The first-order chi connectivity index (χ1) is 10.3. The molecule has 1 amide bonds. The Hall–Kier alpha value is -1.80. The van der Waals surface area contributed by atoms with Gasteiger partial charge in [-0.2, -0.15) is 8.78 Å². The van der Waals surface area contributed by atoms with Crippen LogP contribution in [-0.4, -0.2) is 42.7 Å². The van der Waals surface area contributed by atoms with Crippen LogP contribution in [-0.2, 0) is 16.1 Å². The predicted molar refractivity (Wildman–Crippen MR) is 71.8 cm³/mol. The van der Waals surface area contributed by atoms with Crippen molar-refractivity contribution in [2.75, 3.05) is 13.1 Å². The van der Waals surface area contributed by atoms with Crippen molar-refractivity contribution in [3.8, 4) is 5.75 Å². The third kappa shape index (κ3) is 4.35. The molecule has 1 aliphatic rings. The lowest BCUT2D eigenvalue weighted by atomic mass is 10.1. The molecule has 1 saturated heterocycles. The second-order valence-electron chi connectivity index (χ2n) is 5.18. The second-order valence-corrected chi connectivity index (χ2v) is 5.18. The molecule has 1 aliphatic heterocycles. The van der Waals surface area contributed by atoms with Crippen LogP contribution in [0.2, 0.25) is 0 Å². The smallest absolute Gasteiger partial charge is 0.387 e. The highest BCUT2D eigenvalue weighted by atomic mass is 19.3. The molecular formula is C14H17F3N2O3. The number of morpholine rings is 1. The van der Waals surface area contributed by atoms with Crippen molar-refractivity contribution in [3.63, 3.8) is 0 Å². The monoisotopic (exact) mass is 318 g/mol. The Bertz CT molecular complexity index is 542. The molecule has 1 aromatic carbocycles. The van der Waals surface area contributed by atoms with Crippen molar-refractivity contribution < 1.29 is 27.4 Å². The van der Waals surface area contributed by atoms with E-state index in [9.17, 15) is 18.0 Å². The normalized spacial score (nSPS) is 22.8. The molecule has 8 heteroatoms. The van der Waals surface area contributed by atoms with E-state index in [-0.39, 0.29) is 6.10 Å². The number of halogens is 3. The van der Waals surface area contributed by atoms with Crippen LogP contribution in [0.1, 0.15) is 12.5 Å². The topological polar surface area (TPSA) is 64.8 Å². The number of ether oxygens (including phenoxy) is 2. The molecule has 0 saturated carbocycles. The van der Waals surface area contributed by atoms with Crippen molar-refractivity contribution in [1.82, 2.24) is 4.90 Å². The summed E-state index contributed by atoms with van der Waals surface area (Å²) in [6, 6.07) is 3.80. The molecule has 0 aromatic heterocycles. The summed E-state index contributed by atoms with van der Waals surface area (Å²) in [4.78, 5) is 13.1. The van der Waals surface area contributed by atoms with Crippen LogP contribution in [0, 0.1) is 5.82 Å². The lowest BCUT2D eigenvalue weighted by Gasteiger charge is -2.35. The fourth-order valence-corrected chi connectivity index (χ4v) is 2.42. The minimum atomic E-state index is -3.07. The Morgan fingerprint density at radius 3 is 2.82 bits per heavy atom. The van der Waals surface area contributed by atoms with Gasteiger partial charge < -0.3 is 15.2 Å². The lowest BCUT2D eigenvalue weighted by molar-refractivity contribution is -0.142. The number of carbonyl (C=O) groups is 1. The number of hydrogen-bond acceptors (Lipinski definition) is 4. The van der Waals surface area contributed by atoms with E-state index in [1.165, 1.54) is 6.07 Å². The van der Waals surface area contributed by atoms with E-state index in [4.69, 9.17) is 10.5 Å². The number of rotatable bonds is 5. The summed E-state index contributed by atoms with van der Waals surface area (Å²) >= 11 is 0. The molecule has 2 rings (SSSR count). The van der Waals surface area contributed by atoms with Gasteiger partial charge >= 0.3 is 6.61 Å². The first-order valence-electron chi connectivity index (χ1n) is 6.75. The van der Waals surface area contributed by atoms with Gasteiger partial charge in [0, 0.05) is 19.6 Å². The van der Waals surface area contributed by atoms with Gasteiger partial charge in [-0.05, 0) is 24.6 Å². The zero-order valence-corrected chi connectivity index (χ0v) is 12.0. The third-order valence-electron chi connectivity index (χ3n) is 3.27. The minimum absolute atomic E-state index is 0.183. The van der Waals surface area contributed by atoms with E-state index in [0.717, 1.165) is 12.1 Å². The summed E-state index contributed by atoms with van der Waals surface area (Å²) in [5.41, 5.74) is 5.82. The molecular weight excluding hydrogens is 301 g/mol. The van der Waals surface area contributed by atoms with Crippen molar-refractivity contribution in [2.24, 2.45) is 5.73 Å². The zero-order valence-electron chi connectivity index (χ0n) is 12.0. The molecule has 0 aliphatic carbocycles. The molecule has 0 unspecified atom stereocenters. The van der Waals surface area contributed by atoms with E-state index in [0.29, 0.717) is 25.2 Å². The quantitative estimate of drug-likeness (QED) is 0.893. The van der Waals surface area contributed by atoms with Gasteiger partial charge in [0.1, 0.15) is 6.10 Å². The highest BCUT2D eigenvalue weighted by molar-refractivity contribution is 5.79. The van der Waals surface area contributed by atoms with Gasteiger partial charge in [0.05, 0.1) is 6.10 Å². The molecule has 122 valence electrons. The Kier molecular flexibility index (Phi) is 5.25. The summed E-state index contributed by atoms with van der Waals surface area (Å²) in [5, 5.41) is 0. The number of benzene rings is 1. The number of alkyl halides is 2. The molecule has 0 radical (unpaired) electrons. The summed E-state index contributed by atoms with van der Waals surface area (Å²) in [6.07, 6.45) is -0.896. The van der Waals surface area contributed by atoms with Crippen molar-refractivity contribution >= 4 is 5.91 Å². The first kappa shape index (κ1) is 16.6. The zero-order chi connectivity index (χ0) is 16.3. The van der Waals surface area contributed by atoms with E-state index in [1.54, 1.807) is 0 Å². The van der Waals surface area contributed by atoms with Gasteiger partial charge in [-0.15, -0.1) is 0 Å². The van der Waals surface area contributed by atoms with Gasteiger partial charge in [0.25, 0.3) is 0 Å². The molecule has 2 atom stereocenters. The van der Waals surface area contributed by atoms with Gasteiger partial charge in [0.15, 0.2) is 11.6 Å². The SMILES string of the molecule is C[C@@H]1CN(Cc2ccc(OC(F)F)c(F)c2)C[C@H](C(N)=O)O1. The molecule has 1 fully saturated rings. The molecule has 5 nitrogen and oxygen atoms in total. The molecule has 1 aromatic rings. The second kappa shape index (κ2) is 6.97. The molecule has 2 N–H and O–H groups in total. The summed E-state index contributed by atoms with van der Waals surface area (Å²) in [6.45, 7) is -0.0557. The molecule has 0 bridgehead atoms. The van der Waals surface area contributed by atoms with Crippen molar-refractivity contribution in [3.05, 3.63) is 29.6 Å². The van der Waals surface area contributed by atoms with Gasteiger partial charge in [-0.1, -0.05) is 6.07 Å². The standard InChI is InChI=1S/C14H17F3N2O3/c1-8-5-19(7-12(21-8)13(18)20)6-9-2-3-11(10(15)4-9)22-14(16)17/h2-4,8,12,14H,5-7H2,1H3,(H2,18,20)/t8-,12-/m1/s1. The maximum atomic E-state index is 13.7. The van der Waals surface area contributed by atoms with Crippen LogP contribution in [0.25, 0.3) is 0 Å². The molecule has 1 heterocycles. The summed E-state index contributed by atoms with van der Waals surface area (Å²) in [5.74, 6) is -1.90. The molecule has 22 heavy (non-hydrogen) atoms. The van der Waals surface area contributed by atoms with Crippen LogP contribution in [0.4, 0.5) is 13.2 Å². The van der Waals surface area contributed by atoms with Crippen molar-refractivity contribution in [2.45, 2.75) is 32.3 Å². The number of nitrogens with two attached hydrogens (primary N) is 1. The third-order valence-corrected chi connectivity index (χ3v) is 3.27. The number of hydrogen-bond donors (Lipinski definition) is 1. The number of amides is 1.